The molecule has 4 rings (SSSR count). The molecule has 3 aromatic rings. The molecule has 0 bridgehead atoms. The molecule has 29 heavy (non-hydrogen) atoms. The van der Waals surface area contributed by atoms with Crippen LogP contribution in [0.5, 0.6) is 11.5 Å². The molecule has 1 saturated heterocycles. The van der Waals surface area contributed by atoms with Crippen molar-refractivity contribution < 1.29 is 19.0 Å². The molecule has 1 N–H and O–H groups in total. The van der Waals surface area contributed by atoms with Crippen LogP contribution in [0.3, 0.4) is 0 Å². The fourth-order valence-electron chi connectivity index (χ4n) is 4.02. The van der Waals surface area contributed by atoms with E-state index in [1.54, 1.807) is 26.4 Å². The van der Waals surface area contributed by atoms with Crippen LogP contribution in [-0.2, 0) is 6.54 Å². The predicted octanol–water partition coefficient (Wildman–Crippen LogP) is 2.07. The van der Waals surface area contributed by atoms with Gasteiger partial charge in [-0.1, -0.05) is 12.1 Å². The number of ether oxygens (including phenoxy) is 2. The normalized spacial score (nSPS) is 15.8. The Bertz CT molecular complexity index is 1070. The quantitative estimate of drug-likeness (QED) is 0.637. The molecule has 7 nitrogen and oxygen atoms in total. The van der Waals surface area contributed by atoms with E-state index in [-0.39, 0.29) is 12.0 Å². The van der Waals surface area contributed by atoms with Crippen LogP contribution in [0.15, 0.2) is 39.5 Å². The van der Waals surface area contributed by atoms with Gasteiger partial charge in [-0.15, -0.1) is 0 Å². The zero-order valence-corrected chi connectivity index (χ0v) is 16.8. The van der Waals surface area contributed by atoms with Crippen LogP contribution < -0.4 is 14.9 Å². The highest BCUT2D eigenvalue weighted by molar-refractivity contribution is 5.95. The molecule has 0 spiro atoms. The highest BCUT2D eigenvalue weighted by atomic mass is 16.5. The molecule has 2 heterocycles. The number of methoxy groups -OCH3 is 2. The molecule has 154 valence electrons. The Morgan fingerprint density at radius 1 is 1.07 bits per heavy atom. The summed E-state index contributed by atoms with van der Waals surface area (Å²) in [6, 6.07) is 9.14. The van der Waals surface area contributed by atoms with Gasteiger partial charge in [0.25, 0.3) is 0 Å². The van der Waals surface area contributed by atoms with Crippen molar-refractivity contribution in [2.45, 2.75) is 6.54 Å². The number of aliphatic hydroxyl groups is 1. The standard InChI is InChI=1S/C22H26N2O5/c1-27-18-13-15(14-24-9-7-23(8-10-24)11-12-25)19-20(26)16-5-3-4-6-17(16)29-22(19)21(18)28-2/h3-6,13,25H,7-12,14H2,1-2H3. The average Bonchev–Trinajstić information content (AvgIpc) is 2.75. The second-order valence-corrected chi connectivity index (χ2v) is 7.24. The third-order valence-corrected chi connectivity index (χ3v) is 5.55. The Hall–Kier alpha value is -2.61. The first-order valence-corrected chi connectivity index (χ1v) is 9.81. The molecule has 1 aliphatic heterocycles. The fourth-order valence-corrected chi connectivity index (χ4v) is 4.02. The van der Waals surface area contributed by atoms with Gasteiger partial charge < -0.3 is 19.0 Å². The summed E-state index contributed by atoms with van der Waals surface area (Å²) >= 11 is 0. The molecule has 0 atom stereocenters. The van der Waals surface area contributed by atoms with Crippen LogP contribution >= 0.6 is 0 Å². The first kappa shape index (κ1) is 19.7. The van der Waals surface area contributed by atoms with E-state index in [0.29, 0.717) is 46.5 Å². The lowest BCUT2D eigenvalue weighted by Crippen LogP contribution is -2.46. The van der Waals surface area contributed by atoms with Gasteiger partial charge in [-0.3, -0.25) is 14.6 Å². The Labute approximate surface area is 169 Å². The lowest BCUT2D eigenvalue weighted by molar-refractivity contribution is 0.108. The van der Waals surface area contributed by atoms with Crippen LogP contribution in [0.2, 0.25) is 0 Å². The lowest BCUT2D eigenvalue weighted by atomic mass is 10.0. The molecule has 0 unspecified atom stereocenters. The van der Waals surface area contributed by atoms with Gasteiger partial charge in [-0.2, -0.15) is 0 Å². The van der Waals surface area contributed by atoms with Gasteiger partial charge in [0.1, 0.15) is 5.58 Å². The highest BCUT2D eigenvalue weighted by Gasteiger charge is 2.23. The summed E-state index contributed by atoms with van der Waals surface area (Å²) in [5, 5.41) is 10.2. The van der Waals surface area contributed by atoms with Crippen LogP contribution in [-0.4, -0.2) is 68.5 Å². The summed E-state index contributed by atoms with van der Waals surface area (Å²) < 4.78 is 17.2. The number of nitrogens with zero attached hydrogens (tertiary/aromatic N) is 2. The van der Waals surface area contributed by atoms with Crippen molar-refractivity contribution in [3.8, 4) is 11.5 Å². The van der Waals surface area contributed by atoms with E-state index >= 15 is 0 Å². The first-order chi connectivity index (χ1) is 14.2. The van der Waals surface area contributed by atoms with Gasteiger partial charge in [0.2, 0.25) is 11.2 Å². The molecular weight excluding hydrogens is 372 g/mol. The number of rotatable bonds is 6. The largest absolute Gasteiger partial charge is 0.493 e. The van der Waals surface area contributed by atoms with Crippen LogP contribution in [0.25, 0.3) is 21.9 Å². The molecule has 2 aromatic carbocycles. The number of hydrogen-bond donors (Lipinski definition) is 1. The van der Waals surface area contributed by atoms with Crippen LogP contribution in [0.4, 0.5) is 0 Å². The summed E-state index contributed by atoms with van der Waals surface area (Å²) in [6.07, 6.45) is 0. The van der Waals surface area contributed by atoms with E-state index in [2.05, 4.69) is 9.80 Å². The second-order valence-electron chi connectivity index (χ2n) is 7.24. The molecule has 1 fully saturated rings. The first-order valence-electron chi connectivity index (χ1n) is 9.81. The van der Waals surface area contributed by atoms with Crippen molar-refractivity contribution in [2.24, 2.45) is 0 Å². The van der Waals surface area contributed by atoms with E-state index in [1.165, 1.54) is 0 Å². The minimum Gasteiger partial charge on any atom is -0.493 e. The number of para-hydroxylation sites is 1. The molecule has 0 aliphatic carbocycles. The molecule has 1 aromatic heterocycles. The average molecular weight is 398 g/mol. The van der Waals surface area contributed by atoms with Gasteiger partial charge in [0, 0.05) is 39.3 Å². The molecule has 7 heteroatoms. The Kier molecular flexibility index (Phi) is 5.71. The summed E-state index contributed by atoms with van der Waals surface area (Å²) in [7, 11) is 3.13. The second kappa shape index (κ2) is 8.41. The minimum absolute atomic E-state index is 0.0586. The Morgan fingerprint density at radius 3 is 2.48 bits per heavy atom. The Morgan fingerprint density at radius 2 is 1.79 bits per heavy atom. The summed E-state index contributed by atoms with van der Waals surface area (Å²) in [4.78, 5) is 17.9. The van der Waals surface area contributed by atoms with Gasteiger partial charge in [0.15, 0.2) is 11.3 Å². The topological polar surface area (TPSA) is 75.4 Å². The number of piperazine rings is 1. The molecule has 1 aliphatic rings. The third kappa shape index (κ3) is 3.69. The van der Waals surface area contributed by atoms with Gasteiger partial charge in [-0.25, -0.2) is 0 Å². The summed E-state index contributed by atoms with van der Waals surface area (Å²) in [5.74, 6) is 0.981. The maximum Gasteiger partial charge on any atom is 0.204 e. The third-order valence-electron chi connectivity index (χ3n) is 5.55. The zero-order chi connectivity index (χ0) is 20.4. The van der Waals surface area contributed by atoms with Crippen molar-refractivity contribution >= 4 is 21.9 Å². The van der Waals surface area contributed by atoms with Crippen molar-refractivity contribution in [1.29, 1.82) is 0 Å². The number of fused-ring (bicyclic) bond motifs is 2. The molecule has 0 amide bonds. The Balaban J connectivity index is 1.81. The summed E-state index contributed by atoms with van der Waals surface area (Å²) in [6.45, 7) is 5.01. The van der Waals surface area contributed by atoms with Gasteiger partial charge in [0.05, 0.1) is 31.6 Å². The van der Waals surface area contributed by atoms with E-state index in [9.17, 15) is 4.79 Å². The molecule has 0 radical (unpaired) electrons. The summed E-state index contributed by atoms with van der Waals surface area (Å²) in [5.41, 5.74) is 1.76. The smallest absolute Gasteiger partial charge is 0.204 e. The number of benzene rings is 2. The molecule has 0 saturated carbocycles. The van der Waals surface area contributed by atoms with E-state index in [0.717, 1.165) is 31.7 Å². The van der Waals surface area contributed by atoms with E-state index in [1.807, 2.05) is 18.2 Å². The maximum atomic E-state index is 13.3. The van der Waals surface area contributed by atoms with Crippen molar-refractivity contribution in [2.75, 3.05) is 53.6 Å². The monoisotopic (exact) mass is 398 g/mol. The fraction of sp³-hybridized carbons (Fsp3) is 0.409. The minimum atomic E-state index is -0.0586. The van der Waals surface area contributed by atoms with Crippen molar-refractivity contribution in [3.05, 3.63) is 46.1 Å². The van der Waals surface area contributed by atoms with Gasteiger partial charge >= 0.3 is 0 Å². The van der Waals surface area contributed by atoms with Crippen molar-refractivity contribution in [1.82, 2.24) is 9.80 Å². The molecular formula is C22H26N2O5. The lowest BCUT2D eigenvalue weighted by Gasteiger charge is -2.34. The van der Waals surface area contributed by atoms with E-state index in [4.69, 9.17) is 19.0 Å². The predicted molar refractivity (Wildman–Crippen MR) is 112 cm³/mol. The zero-order valence-electron chi connectivity index (χ0n) is 16.8. The highest BCUT2D eigenvalue weighted by Crippen LogP contribution is 2.38. The van der Waals surface area contributed by atoms with Crippen LogP contribution in [0.1, 0.15) is 5.56 Å². The SMILES string of the molecule is COc1cc(CN2CCN(CCO)CC2)c2c(=O)c3ccccc3oc2c1OC. The van der Waals surface area contributed by atoms with Crippen molar-refractivity contribution in [3.63, 3.8) is 0 Å². The van der Waals surface area contributed by atoms with E-state index < -0.39 is 0 Å². The maximum absolute atomic E-state index is 13.3. The van der Waals surface area contributed by atoms with Gasteiger partial charge in [-0.05, 0) is 23.8 Å². The number of aliphatic hydroxyl groups excluding tert-OH is 1. The van der Waals surface area contributed by atoms with Crippen LogP contribution in [0, 0.1) is 0 Å². The number of β-amino-alcohol motifs (C(OH)–C–C–N with tert-alkyl or cyclic N) is 1. The number of hydrogen-bond acceptors (Lipinski definition) is 7.